The molecule has 0 aliphatic carbocycles. The molecule has 0 spiro atoms. The summed E-state index contributed by atoms with van der Waals surface area (Å²) in [4.78, 5) is 28.9. The number of amides is 2. The Hall–Kier alpha value is -3.22. The highest BCUT2D eigenvalue weighted by molar-refractivity contribution is 6.06. The summed E-state index contributed by atoms with van der Waals surface area (Å²) in [5.74, 6) is -0.738. The number of para-hydroxylation sites is 1. The van der Waals surface area contributed by atoms with Gasteiger partial charge in [0.15, 0.2) is 0 Å². The topological polar surface area (TPSA) is 88.9 Å². The maximum Gasteiger partial charge on any atom is 0.270 e. The van der Waals surface area contributed by atoms with Crippen molar-refractivity contribution in [3.05, 3.63) is 59.0 Å². The normalized spacial score (nSPS) is 10.7. The molecule has 25 heavy (non-hydrogen) atoms. The molecular formula is C18H19N5O2. The molecule has 2 heterocycles. The highest BCUT2D eigenvalue weighted by atomic mass is 16.2. The SMILES string of the molecule is Cc1cc(C(=O)NNC(=O)Cn2nc(C)cc2C)c2ccccc2n1. The molecule has 7 heteroatoms. The second-order valence-corrected chi connectivity index (χ2v) is 5.92. The van der Waals surface area contributed by atoms with Gasteiger partial charge in [-0.25, -0.2) is 0 Å². The van der Waals surface area contributed by atoms with E-state index in [9.17, 15) is 9.59 Å². The number of benzene rings is 1. The first-order chi connectivity index (χ1) is 11.9. The molecule has 0 radical (unpaired) electrons. The predicted octanol–water partition coefficient (Wildman–Crippen LogP) is 1.82. The van der Waals surface area contributed by atoms with Crippen LogP contribution in [0, 0.1) is 20.8 Å². The van der Waals surface area contributed by atoms with Gasteiger partial charge in [-0.1, -0.05) is 18.2 Å². The van der Waals surface area contributed by atoms with Gasteiger partial charge in [-0.15, -0.1) is 0 Å². The zero-order valence-electron chi connectivity index (χ0n) is 14.3. The fourth-order valence-corrected chi connectivity index (χ4v) is 2.70. The van der Waals surface area contributed by atoms with E-state index in [1.165, 1.54) is 0 Å². The smallest absolute Gasteiger partial charge is 0.270 e. The zero-order chi connectivity index (χ0) is 18.0. The maximum atomic E-state index is 12.5. The lowest BCUT2D eigenvalue weighted by Crippen LogP contribution is -2.43. The van der Waals surface area contributed by atoms with E-state index in [1.54, 1.807) is 10.7 Å². The van der Waals surface area contributed by atoms with Crippen molar-refractivity contribution in [3.8, 4) is 0 Å². The first kappa shape index (κ1) is 16.6. The molecule has 128 valence electrons. The summed E-state index contributed by atoms with van der Waals surface area (Å²) >= 11 is 0. The number of rotatable bonds is 3. The Bertz CT molecular complexity index is 961. The van der Waals surface area contributed by atoms with Crippen LogP contribution in [-0.4, -0.2) is 26.6 Å². The van der Waals surface area contributed by atoms with Crippen molar-refractivity contribution < 1.29 is 9.59 Å². The minimum absolute atomic E-state index is 0.0378. The van der Waals surface area contributed by atoms with E-state index in [0.29, 0.717) is 5.56 Å². The molecule has 2 amide bonds. The van der Waals surface area contributed by atoms with Crippen LogP contribution in [0.2, 0.25) is 0 Å². The Morgan fingerprint density at radius 2 is 1.80 bits per heavy atom. The number of nitrogens with one attached hydrogen (secondary N) is 2. The third-order valence-electron chi connectivity index (χ3n) is 3.80. The number of fused-ring (bicyclic) bond motifs is 1. The molecule has 0 unspecified atom stereocenters. The molecule has 0 atom stereocenters. The van der Waals surface area contributed by atoms with E-state index in [4.69, 9.17) is 0 Å². The quantitative estimate of drug-likeness (QED) is 0.714. The minimum Gasteiger partial charge on any atom is -0.271 e. The van der Waals surface area contributed by atoms with Crippen molar-refractivity contribution in [3.63, 3.8) is 0 Å². The molecule has 0 aliphatic rings. The second kappa shape index (κ2) is 6.72. The lowest BCUT2D eigenvalue weighted by atomic mass is 10.1. The second-order valence-electron chi connectivity index (χ2n) is 5.92. The average molecular weight is 337 g/mol. The Kier molecular flexibility index (Phi) is 4.47. The number of hydrazine groups is 1. The van der Waals surface area contributed by atoms with E-state index in [2.05, 4.69) is 20.9 Å². The van der Waals surface area contributed by atoms with Gasteiger partial charge in [-0.3, -0.25) is 30.1 Å². The summed E-state index contributed by atoms with van der Waals surface area (Å²) in [5.41, 5.74) is 8.55. The number of nitrogens with zero attached hydrogens (tertiary/aromatic N) is 3. The molecular weight excluding hydrogens is 318 g/mol. The molecule has 2 aromatic heterocycles. The van der Waals surface area contributed by atoms with Crippen LogP contribution in [-0.2, 0) is 11.3 Å². The molecule has 3 rings (SSSR count). The third kappa shape index (κ3) is 3.65. The predicted molar refractivity (Wildman–Crippen MR) is 93.8 cm³/mol. The van der Waals surface area contributed by atoms with Crippen LogP contribution in [0.4, 0.5) is 0 Å². The van der Waals surface area contributed by atoms with E-state index < -0.39 is 0 Å². The van der Waals surface area contributed by atoms with Crippen LogP contribution in [0.3, 0.4) is 0 Å². The van der Waals surface area contributed by atoms with Crippen LogP contribution in [0.15, 0.2) is 36.4 Å². The summed E-state index contributed by atoms with van der Waals surface area (Å²) in [6.45, 7) is 5.60. The van der Waals surface area contributed by atoms with Gasteiger partial charge >= 0.3 is 0 Å². The van der Waals surface area contributed by atoms with Crippen LogP contribution < -0.4 is 10.9 Å². The number of carbonyl (C=O) groups is 2. The summed E-state index contributed by atoms with van der Waals surface area (Å²) < 4.78 is 1.59. The monoisotopic (exact) mass is 337 g/mol. The lowest BCUT2D eigenvalue weighted by molar-refractivity contribution is -0.122. The molecule has 0 aliphatic heterocycles. The molecule has 0 fully saturated rings. The van der Waals surface area contributed by atoms with Crippen molar-refractivity contribution in [2.45, 2.75) is 27.3 Å². The van der Waals surface area contributed by atoms with Crippen molar-refractivity contribution >= 4 is 22.7 Å². The molecule has 0 saturated heterocycles. The van der Waals surface area contributed by atoms with Gasteiger partial charge in [0, 0.05) is 16.8 Å². The standard InChI is InChI=1S/C18H19N5O2/c1-11-9-15(14-6-4-5-7-16(14)19-11)18(25)21-20-17(24)10-23-13(3)8-12(2)22-23/h4-9H,10H2,1-3H3,(H,20,24)(H,21,25). The fraction of sp³-hybridized carbons (Fsp3) is 0.222. The first-order valence-electron chi connectivity index (χ1n) is 7.90. The van der Waals surface area contributed by atoms with Crippen LogP contribution in [0.25, 0.3) is 10.9 Å². The van der Waals surface area contributed by atoms with Gasteiger partial charge in [-0.2, -0.15) is 5.10 Å². The number of hydrogen-bond donors (Lipinski definition) is 2. The van der Waals surface area contributed by atoms with E-state index in [0.717, 1.165) is 28.0 Å². The van der Waals surface area contributed by atoms with Gasteiger partial charge in [0.2, 0.25) is 0 Å². The molecule has 2 N–H and O–H groups in total. The third-order valence-corrected chi connectivity index (χ3v) is 3.80. The molecule has 0 saturated carbocycles. The largest absolute Gasteiger partial charge is 0.271 e. The number of aryl methyl sites for hydroxylation is 3. The number of hydrogen-bond acceptors (Lipinski definition) is 4. The van der Waals surface area contributed by atoms with Gasteiger partial charge in [0.1, 0.15) is 6.54 Å². The Morgan fingerprint density at radius 1 is 1.04 bits per heavy atom. The van der Waals surface area contributed by atoms with Crippen LogP contribution >= 0.6 is 0 Å². The Morgan fingerprint density at radius 3 is 2.52 bits per heavy atom. The van der Waals surface area contributed by atoms with E-state index in [-0.39, 0.29) is 18.4 Å². The molecule has 0 bridgehead atoms. The minimum atomic E-state index is -0.386. The van der Waals surface area contributed by atoms with E-state index in [1.807, 2.05) is 51.1 Å². The lowest BCUT2D eigenvalue weighted by Gasteiger charge is -2.10. The molecule has 7 nitrogen and oxygen atoms in total. The fourth-order valence-electron chi connectivity index (χ4n) is 2.70. The van der Waals surface area contributed by atoms with Gasteiger partial charge < -0.3 is 0 Å². The van der Waals surface area contributed by atoms with Crippen molar-refractivity contribution in [2.75, 3.05) is 0 Å². The number of aromatic nitrogens is 3. The number of pyridine rings is 1. The van der Waals surface area contributed by atoms with Gasteiger partial charge in [-0.05, 0) is 39.0 Å². The highest BCUT2D eigenvalue weighted by Crippen LogP contribution is 2.17. The van der Waals surface area contributed by atoms with Crippen molar-refractivity contribution in [2.24, 2.45) is 0 Å². The van der Waals surface area contributed by atoms with Crippen LogP contribution in [0.5, 0.6) is 0 Å². The van der Waals surface area contributed by atoms with Gasteiger partial charge in [0.05, 0.1) is 16.8 Å². The number of carbonyl (C=O) groups excluding carboxylic acids is 2. The summed E-state index contributed by atoms with van der Waals surface area (Å²) in [7, 11) is 0. The van der Waals surface area contributed by atoms with Gasteiger partial charge in [0.25, 0.3) is 11.8 Å². The van der Waals surface area contributed by atoms with Crippen molar-refractivity contribution in [1.82, 2.24) is 25.6 Å². The maximum absolute atomic E-state index is 12.5. The highest BCUT2D eigenvalue weighted by Gasteiger charge is 2.13. The first-order valence-corrected chi connectivity index (χ1v) is 7.90. The molecule has 1 aromatic carbocycles. The van der Waals surface area contributed by atoms with E-state index >= 15 is 0 Å². The molecule has 3 aromatic rings. The average Bonchev–Trinajstić information content (AvgIpc) is 2.89. The van der Waals surface area contributed by atoms with Crippen molar-refractivity contribution in [1.29, 1.82) is 0 Å². The Balaban J connectivity index is 1.71. The summed E-state index contributed by atoms with van der Waals surface area (Å²) in [5, 5.41) is 4.96. The summed E-state index contributed by atoms with van der Waals surface area (Å²) in [6.07, 6.45) is 0. The zero-order valence-corrected chi connectivity index (χ0v) is 14.3. The van der Waals surface area contributed by atoms with Crippen LogP contribution in [0.1, 0.15) is 27.4 Å². The Labute approximate surface area is 145 Å². The summed E-state index contributed by atoms with van der Waals surface area (Å²) in [6, 6.07) is 11.0.